The van der Waals surface area contributed by atoms with E-state index in [9.17, 15) is 14.7 Å². The Labute approximate surface area is 217 Å². The molecule has 1 aliphatic heterocycles. The van der Waals surface area contributed by atoms with E-state index in [2.05, 4.69) is 5.32 Å². The van der Waals surface area contributed by atoms with Crippen LogP contribution in [0.1, 0.15) is 97.3 Å². The molecule has 2 aliphatic carbocycles. The van der Waals surface area contributed by atoms with Crippen molar-refractivity contribution in [1.29, 1.82) is 0 Å². The lowest BCUT2D eigenvalue weighted by Gasteiger charge is -2.45. The normalized spacial score (nSPS) is 33.5. The van der Waals surface area contributed by atoms with Crippen molar-refractivity contribution in [3.8, 4) is 0 Å². The second-order valence-electron chi connectivity index (χ2n) is 11.6. The number of methoxy groups -OCH3 is 1. The van der Waals surface area contributed by atoms with Crippen molar-refractivity contribution in [3.63, 3.8) is 0 Å². The van der Waals surface area contributed by atoms with E-state index in [1.165, 1.54) is 46.0 Å². The zero-order valence-electron chi connectivity index (χ0n) is 22.7. The molecule has 8 heteroatoms. The molecule has 4 N–H and O–H groups in total. The van der Waals surface area contributed by atoms with Crippen molar-refractivity contribution in [2.24, 2.45) is 29.4 Å². The molecule has 0 bridgehead atoms. The molecule has 3 rings (SSSR count). The van der Waals surface area contributed by atoms with Gasteiger partial charge in [0.1, 0.15) is 12.2 Å². The van der Waals surface area contributed by atoms with Crippen LogP contribution in [0.5, 0.6) is 0 Å². The van der Waals surface area contributed by atoms with E-state index in [4.69, 9.17) is 19.9 Å². The van der Waals surface area contributed by atoms with Gasteiger partial charge in [0.2, 0.25) is 0 Å². The van der Waals surface area contributed by atoms with E-state index < -0.39 is 6.10 Å². The summed E-state index contributed by atoms with van der Waals surface area (Å²) in [5, 5.41) is 14.0. The number of aliphatic hydroxyl groups is 1. The van der Waals surface area contributed by atoms with Gasteiger partial charge in [-0.2, -0.15) is 0 Å². The Hall–Kier alpha value is -1.22. The largest absolute Gasteiger partial charge is 0.462 e. The van der Waals surface area contributed by atoms with Gasteiger partial charge in [0.25, 0.3) is 0 Å². The summed E-state index contributed by atoms with van der Waals surface area (Å²) in [6, 6.07) is 0. The van der Waals surface area contributed by atoms with Crippen molar-refractivity contribution >= 4 is 11.9 Å². The number of carbonyl (C=O) groups excluding carboxylic acids is 2. The molecule has 0 radical (unpaired) electrons. The van der Waals surface area contributed by atoms with Crippen LogP contribution in [0.3, 0.4) is 0 Å². The van der Waals surface area contributed by atoms with Crippen LogP contribution in [0.2, 0.25) is 0 Å². The molecule has 0 spiro atoms. The molecule has 36 heavy (non-hydrogen) atoms. The smallest absolute Gasteiger partial charge is 0.302 e. The lowest BCUT2D eigenvalue weighted by atomic mass is 9.66. The first-order valence-electron chi connectivity index (χ1n) is 14.3. The number of ether oxygens (including phenoxy) is 3. The predicted molar refractivity (Wildman–Crippen MR) is 138 cm³/mol. The van der Waals surface area contributed by atoms with Crippen molar-refractivity contribution < 1.29 is 28.9 Å². The zero-order valence-corrected chi connectivity index (χ0v) is 22.7. The Balaban J connectivity index is 1.66. The SMILES string of the molecule is COC1CC(CCC(CC(CC2CCCCC2)OC(C)=O)OC(C)=O)C(C2CCNC(N)C2)CC1O. The van der Waals surface area contributed by atoms with E-state index >= 15 is 0 Å². The van der Waals surface area contributed by atoms with E-state index in [1.807, 2.05) is 0 Å². The van der Waals surface area contributed by atoms with Crippen LogP contribution in [0.15, 0.2) is 0 Å². The maximum atomic E-state index is 12.0. The van der Waals surface area contributed by atoms with E-state index in [0.29, 0.717) is 36.5 Å². The fourth-order valence-electron chi connectivity index (χ4n) is 7.16. The number of aliphatic hydroxyl groups excluding tert-OH is 1. The Bertz CT molecular complexity index is 685. The summed E-state index contributed by atoms with van der Waals surface area (Å²) < 4.78 is 17.1. The Kier molecular flexibility index (Phi) is 11.9. The van der Waals surface area contributed by atoms with Crippen LogP contribution in [-0.4, -0.2) is 61.3 Å². The number of piperidine rings is 1. The Morgan fingerprint density at radius 1 is 1.00 bits per heavy atom. The van der Waals surface area contributed by atoms with Crippen molar-refractivity contribution in [3.05, 3.63) is 0 Å². The summed E-state index contributed by atoms with van der Waals surface area (Å²) in [4.78, 5) is 23.9. The van der Waals surface area contributed by atoms with Gasteiger partial charge in [0.15, 0.2) is 0 Å². The fourth-order valence-corrected chi connectivity index (χ4v) is 7.16. The highest BCUT2D eigenvalue weighted by atomic mass is 16.6. The third-order valence-electron chi connectivity index (χ3n) is 8.84. The molecule has 2 saturated carbocycles. The van der Waals surface area contributed by atoms with Gasteiger partial charge in [-0.1, -0.05) is 32.1 Å². The molecule has 0 aromatic rings. The maximum absolute atomic E-state index is 12.0. The van der Waals surface area contributed by atoms with Crippen molar-refractivity contribution in [2.45, 2.75) is 128 Å². The summed E-state index contributed by atoms with van der Waals surface area (Å²) in [7, 11) is 1.67. The Morgan fingerprint density at radius 3 is 2.33 bits per heavy atom. The average Bonchev–Trinajstić information content (AvgIpc) is 2.82. The summed E-state index contributed by atoms with van der Waals surface area (Å²) in [5.74, 6) is 1.18. The molecule has 0 aromatic heterocycles. The van der Waals surface area contributed by atoms with Crippen LogP contribution >= 0.6 is 0 Å². The van der Waals surface area contributed by atoms with Crippen LogP contribution in [0.25, 0.3) is 0 Å². The van der Waals surface area contributed by atoms with Gasteiger partial charge >= 0.3 is 11.9 Å². The molecular formula is C28H50N2O6. The second kappa shape index (κ2) is 14.6. The monoisotopic (exact) mass is 510 g/mol. The van der Waals surface area contributed by atoms with E-state index in [0.717, 1.165) is 45.1 Å². The van der Waals surface area contributed by atoms with E-state index in [1.54, 1.807) is 7.11 Å². The maximum Gasteiger partial charge on any atom is 0.302 e. The second-order valence-corrected chi connectivity index (χ2v) is 11.6. The Morgan fingerprint density at radius 2 is 1.69 bits per heavy atom. The van der Waals surface area contributed by atoms with E-state index in [-0.39, 0.29) is 36.4 Å². The van der Waals surface area contributed by atoms with Crippen LogP contribution in [-0.2, 0) is 23.8 Å². The van der Waals surface area contributed by atoms with Gasteiger partial charge in [-0.15, -0.1) is 0 Å². The fraction of sp³-hybridized carbons (Fsp3) is 0.929. The summed E-state index contributed by atoms with van der Waals surface area (Å²) in [6.07, 6.45) is 11.4. The molecule has 1 saturated heterocycles. The van der Waals surface area contributed by atoms with Gasteiger partial charge in [0.05, 0.1) is 18.4 Å². The molecule has 3 fully saturated rings. The molecule has 0 aromatic carbocycles. The predicted octanol–water partition coefficient (Wildman–Crippen LogP) is 3.68. The van der Waals surface area contributed by atoms with Gasteiger partial charge in [0, 0.05) is 27.4 Å². The number of hydrogen-bond acceptors (Lipinski definition) is 8. The van der Waals surface area contributed by atoms with Gasteiger partial charge in [-0.3, -0.25) is 9.59 Å². The lowest BCUT2D eigenvalue weighted by Crippen LogP contribution is -2.49. The molecule has 8 atom stereocenters. The molecule has 208 valence electrons. The van der Waals surface area contributed by atoms with Crippen LogP contribution in [0.4, 0.5) is 0 Å². The van der Waals surface area contributed by atoms with Gasteiger partial charge < -0.3 is 30.4 Å². The molecule has 3 aliphatic rings. The zero-order chi connectivity index (χ0) is 26.1. The van der Waals surface area contributed by atoms with Crippen LogP contribution in [0, 0.1) is 23.7 Å². The summed E-state index contributed by atoms with van der Waals surface area (Å²) in [5.41, 5.74) is 6.22. The minimum atomic E-state index is -0.463. The number of hydrogen-bond donors (Lipinski definition) is 3. The lowest BCUT2D eigenvalue weighted by molar-refractivity contribution is -0.154. The molecule has 1 heterocycles. The summed E-state index contributed by atoms with van der Waals surface area (Å²) in [6.45, 7) is 3.81. The molecule has 8 nitrogen and oxygen atoms in total. The van der Waals surface area contributed by atoms with Crippen molar-refractivity contribution in [2.75, 3.05) is 13.7 Å². The highest BCUT2D eigenvalue weighted by molar-refractivity contribution is 5.66. The first-order chi connectivity index (χ1) is 17.2. The number of carbonyl (C=O) groups is 2. The van der Waals surface area contributed by atoms with Crippen LogP contribution < -0.4 is 11.1 Å². The minimum absolute atomic E-state index is 0.000221. The summed E-state index contributed by atoms with van der Waals surface area (Å²) >= 11 is 0. The molecule has 0 amide bonds. The highest BCUT2D eigenvalue weighted by Gasteiger charge is 2.41. The topological polar surface area (TPSA) is 120 Å². The first kappa shape index (κ1) is 29.3. The average molecular weight is 511 g/mol. The highest BCUT2D eigenvalue weighted by Crippen LogP contribution is 2.43. The standard InChI is InChI=1S/C28H50N2O6/c1-18(31)35-23(16-24(36-19(2)32)13-20-7-5-4-6-8-20)10-9-21-14-27(34-3)26(33)17-25(21)22-11-12-30-28(29)15-22/h20-28,30,33H,4-17,29H2,1-3H3. The minimum Gasteiger partial charge on any atom is -0.462 e. The number of esters is 2. The molecule has 8 unspecified atom stereocenters. The third kappa shape index (κ3) is 9.26. The van der Waals surface area contributed by atoms with Gasteiger partial charge in [-0.05, 0) is 75.2 Å². The number of nitrogens with one attached hydrogen (secondary N) is 1. The number of rotatable bonds is 11. The van der Waals surface area contributed by atoms with Gasteiger partial charge in [-0.25, -0.2) is 0 Å². The third-order valence-corrected chi connectivity index (χ3v) is 8.84. The molecular weight excluding hydrogens is 460 g/mol. The number of nitrogens with two attached hydrogens (primary N) is 1. The quantitative estimate of drug-likeness (QED) is 0.360. The first-order valence-corrected chi connectivity index (χ1v) is 14.3. The van der Waals surface area contributed by atoms with Crippen molar-refractivity contribution in [1.82, 2.24) is 5.32 Å².